The SMILES string of the molecule is Cc1cc(Cl)ccc1C(NC(=O)Cc1ccc(O)c(NC(=O)c2c(C)ccnc2C)c1)c1ccccc1. The maximum absolute atomic E-state index is 13.2. The van der Waals surface area contributed by atoms with Gasteiger partial charge in [-0.25, -0.2) is 0 Å². The highest BCUT2D eigenvalue weighted by molar-refractivity contribution is 6.30. The lowest BCUT2D eigenvalue weighted by Crippen LogP contribution is -2.31. The summed E-state index contributed by atoms with van der Waals surface area (Å²) in [6.07, 6.45) is 1.70. The van der Waals surface area contributed by atoms with Gasteiger partial charge < -0.3 is 15.7 Å². The number of aromatic nitrogens is 1. The molecule has 0 aliphatic rings. The van der Waals surface area contributed by atoms with Gasteiger partial charge >= 0.3 is 0 Å². The van der Waals surface area contributed by atoms with Crippen molar-refractivity contribution >= 4 is 29.1 Å². The smallest absolute Gasteiger partial charge is 0.257 e. The van der Waals surface area contributed by atoms with Gasteiger partial charge in [0.25, 0.3) is 5.91 Å². The van der Waals surface area contributed by atoms with E-state index < -0.39 is 0 Å². The van der Waals surface area contributed by atoms with Crippen molar-refractivity contribution in [1.29, 1.82) is 0 Å². The van der Waals surface area contributed by atoms with Gasteiger partial charge in [-0.15, -0.1) is 0 Å². The second-order valence-electron chi connectivity index (χ2n) is 8.98. The number of pyridine rings is 1. The Morgan fingerprint density at radius 2 is 1.70 bits per heavy atom. The van der Waals surface area contributed by atoms with Crippen molar-refractivity contribution in [2.75, 3.05) is 5.32 Å². The number of rotatable bonds is 7. The number of carbonyl (C=O) groups is 2. The third-order valence-corrected chi connectivity index (χ3v) is 6.47. The summed E-state index contributed by atoms with van der Waals surface area (Å²) in [7, 11) is 0. The molecule has 0 aliphatic carbocycles. The maximum Gasteiger partial charge on any atom is 0.257 e. The lowest BCUT2D eigenvalue weighted by atomic mass is 9.94. The molecular formula is C30H28ClN3O3. The number of halogens is 1. The normalized spacial score (nSPS) is 11.6. The highest BCUT2D eigenvalue weighted by Crippen LogP contribution is 2.28. The van der Waals surface area contributed by atoms with Gasteiger partial charge in [0.2, 0.25) is 5.91 Å². The van der Waals surface area contributed by atoms with Crippen LogP contribution in [0, 0.1) is 20.8 Å². The molecule has 0 radical (unpaired) electrons. The van der Waals surface area contributed by atoms with Gasteiger partial charge in [-0.1, -0.05) is 54.1 Å². The number of carbonyl (C=O) groups excluding carboxylic acids is 2. The molecule has 0 spiro atoms. The highest BCUT2D eigenvalue weighted by Gasteiger charge is 2.20. The molecule has 1 heterocycles. The summed E-state index contributed by atoms with van der Waals surface area (Å²) in [5, 5.41) is 16.9. The highest BCUT2D eigenvalue weighted by atomic mass is 35.5. The molecule has 188 valence electrons. The Morgan fingerprint density at radius 3 is 2.41 bits per heavy atom. The Bertz CT molecular complexity index is 1430. The Morgan fingerprint density at radius 1 is 0.946 bits per heavy atom. The van der Waals surface area contributed by atoms with Crippen LogP contribution in [0.4, 0.5) is 5.69 Å². The summed E-state index contributed by atoms with van der Waals surface area (Å²) in [6, 6.07) is 21.5. The minimum Gasteiger partial charge on any atom is -0.506 e. The van der Waals surface area contributed by atoms with Crippen LogP contribution in [0.3, 0.4) is 0 Å². The van der Waals surface area contributed by atoms with Crippen molar-refractivity contribution in [3.8, 4) is 5.75 Å². The Kier molecular flexibility index (Phi) is 7.89. The zero-order valence-corrected chi connectivity index (χ0v) is 21.6. The number of amides is 2. The number of nitrogens with one attached hydrogen (secondary N) is 2. The zero-order valence-electron chi connectivity index (χ0n) is 20.9. The second kappa shape index (κ2) is 11.3. The fourth-order valence-electron chi connectivity index (χ4n) is 4.36. The number of nitrogens with zero attached hydrogens (tertiary/aromatic N) is 1. The summed E-state index contributed by atoms with van der Waals surface area (Å²) >= 11 is 6.16. The van der Waals surface area contributed by atoms with Gasteiger partial charge in [0.15, 0.2) is 0 Å². The van der Waals surface area contributed by atoms with Gasteiger partial charge in [0.1, 0.15) is 5.75 Å². The molecule has 0 aliphatic heterocycles. The molecule has 0 saturated carbocycles. The van der Waals surface area contributed by atoms with Crippen molar-refractivity contribution < 1.29 is 14.7 Å². The number of aromatic hydroxyl groups is 1. The quantitative estimate of drug-likeness (QED) is 0.262. The fourth-order valence-corrected chi connectivity index (χ4v) is 4.59. The Hall–Kier alpha value is -4.16. The minimum absolute atomic E-state index is 0.0596. The summed E-state index contributed by atoms with van der Waals surface area (Å²) in [4.78, 5) is 30.3. The van der Waals surface area contributed by atoms with E-state index in [1.807, 2.05) is 62.4 Å². The van der Waals surface area contributed by atoms with Crippen LogP contribution < -0.4 is 10.6 Å². The number of phenols is 1. The first-order chi connectivity index (χ1) is 17.7. The number of anilines is 1. The number of phenolic OH excluding ortho intramolecular Hbond substituents is 1. The topological polar surface area (TPSA) is 91.3 Å². The van der Waals surface area contributed by atoms with E-state index in [4.69, 9.17) is 11.6 Å². The van der Waals surface area contributed by atoms with Crippen LogP contribution in [0.5, 0.6) is 5.75 Å². The van der Waals surface area contributed by atoms with Crippen LogP contribution in [0.1, 0.15) is 49.9 Å². The number of hydrogen-bond donors (Lipinski definition) is 3. The van der Waals surface area contributed by atoms with Gasteiger partial charge in [-0.05, 0) is 78.9 Å². The van der Waals surface area contributed by atoms with Crippen LogP contribution in [0.25, 0.3) is 0 Å². The predicted molar refractivity (Wildman–Crippen MR) is 146 cm³/mol. The van der Waals surface area contributed by atoms with Crippen molar-refractivity contribution in [2.45, 2.75) is 33.2 Å². The van der Waals surface area contributed by atoms with E-state index in [2.05, 4.69) is 15.6 Å². The standard InChI is InChI=1S/C30H28ClN3O3/c1-18-13-14-32-20(3)28(18)30(37)33-25-16-21(9-12-26(25)35)17-27(36)34-29(22-7-5-4-6-8-22)24-11-10-23(31)15-19(24)2/h4-16,29,35H,17H2,1-3H3,(H,33,37)(H,34,36). The van der Waals surface area contributed by atoms with Crippen molar-refractivity contribution in [2.24, 2.45) is 0 Å². The molecule has 1 aromatic heterocycles. The van der Waals surface area contributed by atoms with E-state index in [9.17, 15) is 14.7 Å². The molecule has 0 saturated heterocycles. The molecular weight excluding hydrogens is 486 g/mol. The average Bonchev–Trinajstić information content (AvgIpc) is 2.85. The van der Waals surface area contributed by atoms with Crippen LogP contribution >= 0.6 is 11.6 Å². The van der Waals surface area contributed by atoms with Crippen molar-refractivity contribution in [1.82, 2.24) is 10.3 Å². The third kappa shape index (κ3) is 6.16. The number of aryl methyl sites for hydroxylation is 3. The Balaban J connectivity index is 1.55. The molecule has 0 fully saturated rings. The van der Waals surface area contributed by atoms with Crippen LogP contribution in [-0.4, -0.2) is 21.9 Å². The van der Waals surface area contributed by atoms with E-state index in [0.717, 1.165) is 22.3 Å². The lowest BCUT2D eigenvalue weighted by molar-refractivity contribution is -0.120. The van der Waals surface area contributed by atoms with E-state index >= 15 is 0 Å². The first-order valence-electron chi connectivity index (χ1n) is 11.9. The predicted octanol–water partition coefficient (Wildman–Crippen LogP) is 6.07. The largest absolute Gasteiger partial charge is 0.506 e. The van der Waals surface area contributed by atoms with Gasteiger partial charge in [0.05, 0.1) is 29.4 Å². The Labute approximate surface area is 221 Å². The maximum atomic E-state index is 13.2. The van der Waals surface area contributed by atoms with Crippen molar-refractivity contribution in [3.05, 3.63) is 123 Å². The zero-order chi connectivity index (χ0) is 26.5. The molecule has 1 unspecified atom stereocenters. The molecule has 37 heavy (non-hydrogen) atoms. The minimum atomic E-state index is -0.373. The molecule has 7 heteroatoms. The van der Waals surface area contributed by atoms with E-state index in [-0.39, 0.29) is 35.7 Å². The molecule has 2 amide bonds. The summed E-state index contributed by atoms with van der Waals surface area (Å²) in [5.41, 5.74) is 5.57. The molecule has 1 atom stereocenters. The summed E-state index contributed by atoms with van der Waals surface area (Å²) in [6.45, 7) is 5.55. The average molecular weight is 514 g/mol. The first-order valence-corrected chi connectivity index (χ1v) is 12.3. The van der Waals surface area contributed by atoms with Gasteiger partial charge in [-0.2, -0.15) is 0 Å². The van der Waals surface area contributed by atoms with Crippen LogP contribution in [0.15, 0.2) is 79.0 Å². The number of benzene rings is 3. The lowest BCUT2D eigenvalue weighted by Gasteiger charge is -2.22. The van der Waals surface area contributed by atoms with E-state index in [1.165, 1.54) is 6.07 Å². The van der Waals surface area contributed by atoms with E-state index in [1.54, 1.807) is 31.3 Å². The monoisotopic (exact) mass is 513 g/mol. The van der Waals surface area contributed by atoms with Gasteiger partial charge in [0, 0.05) is 11.2 Å². The van der Waals surface area contributed by atoms with Crippen LogP contribution in [-0.2, 0) is 11.2 Å². The van der Waals surface area contributed by atoms with Gasteiger partial charge in [-0.3, -0.25) is 14.6 Å². The summed E-state index contributed by atoms with van der Waals surface area (Å²) in [5.74, 6) is -0.664. The molecule has 3 N–H and O–H groups in total. The summed E-state index contributed by atoms with van der Waals surface area (Å²) < 4.78 is 0. The molecule has 0 bridgehead atoms. The van der Waals surface area contributed by atoms with E-state index in [0.29, 0.717) is 21.8 Å². The third-order valence-electron chi connectivity index (χ3n) is 6.23. The first kappa shape index (κ1) is 25.9. The molecule has 4 rings (SSSR count). The molecule has 4 aromatic rings. The van der Waals surface area contributed by atoms with Crippen LogP contribution in [0.2, 0.25) is 5.02 Å². The van der Waals surface area contributed by atoms with Crippen molar-refractivity contribution in [3.63, 3.8) is 0 Å². The number of hydrogen-bond acceptors (Lipinski definition) is 4. The molecule has 3 aromatic carbocycles. The second-order valence-corrected chi connectivity index (χ2v) is 9.42. The fraction of sp³-hybridized carbons (Fsp3) is 0.167. The molecule has 6 nitrogen and oxygen atoms in total.